The van der Waals surface area contributed by atoms with Crippen molar-refractivity contribution in [2.45, 2.75) is 5.03 Å². The largest absolute Gasteiger partial charge is 0.312 e. The summed E-state index contributed by atoms with van der Waals surface area (Å²) in [7, 11) is -4.21. The van der Waals surface area contributed by atoms with Crippen LogP contribution < -0.4 is 0 Å². The maximum Gasteiger partial charge on any atom is 0.312 e. The Bertz CT molecular complexity index is 1070. The quantitative estimate of drug-likeness (QED) is 0.299. The number of hydrogen-bond acceptors (Lipinski definition) is 4. The predicted molar refractivity (Wildman–Crippen MR) is 100 cm³/mol. The fourth-order valence-corrected chi connectivity index (χ4v) is 2.72. The van der Waals surface area contributed by atoms with Gasteiger partial charge in [-0.1, -0.05) is 30.3 Å². The molecule has 0 saturated heterocycles. The van der Waals surface area contributed by atoms with Crippen molar-refractivity contribution in [2.24, 2.45) is 0 Å². The molecule has 0 aliphatic carbocycles. The zero-order valence-electron chi connectivity index (χ0n) is 14.0. The third kappa shape index (κ3) is 5.77. The number of hydrogen-bond donors (Lipinski definition) is 1. The average molecular weight is 556 g/mol. The van der Waals surface area contributed by atoms with Crippen LogP contribution in [0.2, 0.25) is 0 Å². The van der Waals surface area contributed by atoms with Crippen LogP contribution in [0.5, 0.6) is 0 Å². The Balaban J connectivity index is 0.000000189. The summed E-state index contributed by atoms with van der Waals surface area (Å²) in [5.41, 5.74) is 2.55. The van der Waals surface area contributed by atoms with Gasteiger partial charge in [0.05, 0.1) is 5.52 Å². The monoisotopic (exact) mass is 556 g/mol. The Morgan fingerprint density at radius 2 is 1.59 bits per heavy atom. The normalized spacial score (nSPS) is 10.4. The van der Waals surface area contributed by atoms with E-state index in [4.69, 9.17) is 4.55 Å². The molecule has 7 heteroatoms. The number of nitrogens with zero attached hydrogens (tertiary/aromatic N) is 2. The molecule has 4 aromatic rings. The third-order valence-corrected chi connectivity index (χ3v) is 4.24. The number of para-hydroxylation sites is 1. The second-order valence-corrected chi connectivity index (χ2v) is 6.68. The summed E-state index contributed by atoms with van der Waals surface area (Å²) in [6.45, 7) is 0. The minimum absolute atomic E-state index is 0. The summed E-state index contributed by atoms with van der Waals surface area (Å²) >= 11 is 0. The summed E-state index contributed by atoms with van der Waals surface area (Å²) in [5, 5.41) is 0.510. The van der Waals surface area contributed by atoms with Crippen LogP contribution in [-0.2, 0) is 30.2 Å². The van der Waals surface area contributed by atoms with Crippen molar-refractivity contribution in [3.8, 4) is 11.3 Å². The van der Waals surface area contributed by atoms with E-state index in [1.807, 2.05) is 54.6 Å². The second kappa shape index (κ2) is 9.48. The molecule has 139 valence electrons. The molecule has 2 aromatic heterocycles. The van der Waals surface area contributed by atoms with Crippen molar-refractivity contribution >= 4 is 21.0 Å². The Hall–Kier alpha value is -2.44. The van der Waals surface area contributed by atoms with E-state index in [1.54, 1.807) is 24.4 Å². The first-order chi connectivity index (χ1) is 12.5. The van der Waals surface area contributed by atoms with Crippen LogP contribution in [0, 0.1) is 6.07 Å². The minimum Gasteiger partial charge on any atom is -0.305 e. The van der Waals surface area contributed by atoms with Crippen LogP contribution in [-0.4, -0.2) is 22.9 Å². The zero-order chi connectivity index (χ0) is 18.4. The molecule has 2 aromatic carbocycles. The van der Waals surface area contributed by atoms with Gasteiger partial charge in [-0.15, -0.1) is 35.9 Å². The van der Waals surface area contributed by atoms with Crippen molar-refractivity contribution < 1.29 is 33.1 Å². The minimum atomic E-state index is -4.21. The summed E-state index contributed by atoms with van der Waals surface area (Å²) < 4.78 is 30.3. The van der Waals surface area contributed by atoms with Gasteiger partial charge in [-0.2, -0.15) is 8.42 Å². The molecule has 0 bridgehead atoms. The van der Waals surface area contributed by atoms with Crippen molar-refractivity contribution in [3.63, 3.8) is 0 Å². The first kappa shape index (κ1) is 20.9. The molecule has 2 heterocycles. The van der Waals surface area contributed by atoms with Gasteiger partial charge in [-0.25, -0.2) is 4.98 Å². The van der Waals surface area contributed by atoms with Gasteiger partial charge < -0.3 is 4.98 Å². The molecule has 27 heavy (non-hydrogen) atoms. The summed E-state index contributed by atoms with van der Waals surface area (Å²) in [6, 6.07) is 26.8. The van der Waals surface area contributed by atoms with Crippen molar-refractivity contribution in [2.75, 3.05) is 0 Å². The van der Waals surface area contributed by atoms with Crippen molar-refractivity contribution in [3.05, 3.63) is 91.1 Å². The molecule has 0 aliphatic rings. The van der Waals surface area contributed by atoms with Gasteiger partial charge in [0.1, 0.15) is 0 Å². The van der Waals surface area contributed by atoms with E-state index in [0.717, 1.165) is 16.6 Å². The van der Waals surface area contributed by atoms with Crippen LogP contribution in [0.15, 0.2) is 90.1 Å². The third-order valence-electron chi connectivity index (χ3n) is 3.49. The van der Waals surface area contributed by atoms with Crippen molar-refractivity contribution in [1.29, 1.82) is 0 Å². The smallest absolute Gasteiger partial charge is 0.305 e. The number of fused-ring (bicyclic) bond motifs is 1. The molecule has 1 radical (unpaired) electrons. The van der Waals surface area contributed by atoms with Gasteiger partial charge in [0.25, 0.3) is 0 Å². The average Bonchev–Trinajstić information content (AvgIpc) is 2.69. The molecular formula is C20H15IrN2O3S-. The molecule has 5 nitrogen and oxygen atoms in total. The van der Waals surface area contributed by atoms with Gasteiger partial charge in [-0.3, -0.25) is 4.55 Å². The van der Waals surface area contributed by atoms with E-state index in [0.29, 0.717) is 5.52 Å². The van der Waals surface area contributed by atoms with Gasteiger partial charge in [-0.05, 0) is 30.0 Å². The SMILES string of the molecule is O=S(=O)(O)c1ccc2ccccc2n1.[Ir].[c-]1ccccc1-c1ccccn1. The number of benzene rings is 2. The second-order valence-electron chi connectivity index (χ2n) is 5.31. The van der Waals surface area contributed by atoms with E-state index >= 15 is 0 Å². The van der Waals surface area contributed by atoms with Crippen LogP contribution in [0.1, 0.15) is 0 Å². The van der Waals surface area contributed by atoms with Gasteiger partial charge in [0.2, 0.25) is 0 Å². The number of aromatic nitrogens is 2. The fraction of sp³-hybridized carbons (Fsp3) is 0. The van der Waals surface area contributed by atoms with Crippen LogP contribution >= 0.6 is 0 Å². The van der Waals surface area contributed by atoms with E-state index < -0.39 is 10.1 Å². The standard InChI is InChI=1S/C11H8N.C9H7NO3S.Ir/c1-2-6-10(7-3-1)11-8-4-5-9-12-11;11-14(12,13)9-6-5-7-3-1-2-4-8(7)10-9;/h1-6,8-9H;1-6H,(H,11,12,13);/q-1;;. The first-order valence-corrected chi connectivity index (χ1v) is 9.19. The molecule has 1 N–H and O–H groups in total. The van der Waals surface area contributed by atoms with Crippen molar-refractivity contribution in [1.82, 2.24) is 9.97 Å². The molecule has 0 aliphatic heterocycles. The number of rotatable bonds is 2. The Morgan fingerprint density at radius 1 is 0.852 bits per heavy atom. The molecule has 0 atom stereocenters. The maximum absolute atomic E-state index is 10.8. The van der Waals surface area contributed by atoms with Crippen LogP contribution in [0.3, 0.4) is 0 Å². The molecule has 0 fully saturated rings. The summed E-state index contributed by atoms with van der Waals surface area (Å²) in [5.74, 6) is 0. The Kier molecular flexibility index (Phi) is 7.33. The molecule has 0 saturated carbocycles. The summed E-state index contributed by atoms with van der Waals surface area (Å²) in [6.07, 6.45) is 1.79. The van der Waals surface area contributed by atoms with E-state index in [1.165, 1.54) is 6.07 Å². The molecular weight excluding hydrogens is 541 g/mol. The first-order valence-electron chi connectivity index (χ1n) is 7.75. The van der Waals surface area contributed by atoms with Gasteiger partial charge in [0, 0.05) is 31.7 Å². The topological polar surface area (TPSA) is 80.2 Å². The zero-order valence-corrected chi connectivity index (χ0v) is 17.2. The van der Waals surface area contributed by atoms with Gasteiger partial charge >= 0.3 is 10.1 Å². The van der Waals surface area contributed by atoms with Crippen LogP contribution in [0.4, 0.5) is 0 Å². The summed E-state index contributed by atoms with van der Waals surface area (Å²) in [4.78, 5) is 8.03. The van der Waals surface area contributed by atoms with Crippen LogP contribution in [0.25, 0.3) is 22.2 Å². The van der Waals surface area contributed by atoms with E-state index in [2.05, 4.69) is 16.0 Å². The predicted octanol–water partition coefficient (Wildman–Crippen LogP) is 4.03. The molecule has 4 rings (SSSR count). The van der Waals surface area contributed by atoms with E-state index in [9.17, 15) is 8.42 Å². The Labute approximate surface area is 171 Å². The maximum atomic E-state index is 10.8. The molecule has 0 unspecified atom stereocenters. The fourth-order valence-electron chi connectivity index (χ4n) is 2.27. The van der Waals surface area contributed by atoms with Gasteiger partial charge in [0.15, 0.2) is 5.03 Å². The Morgan fingerprint density at radius 3 is 2.26 bits per heavy atom. The van der Waals surface area contributed by atoms with E-state index in [-0.39, 0.29) is 25.1 Å². The molecule has 0 spiro atoms. The molecule has 0 amide bonds. The number of pyridine rings is 2.